The number of hydrogen-bond acceptors (Lipinski definition) is 4. The van der Waals surface area contributed by atoms with E-state index in [1.165, 1.54) is 0 Å². The molecule has 0 aromatic heterocycles. The summed E-state index contributed by atoms with van der Waals surface area (Å²) < 4.78 is 5.11. The van der Waals surface area contributed by atoms with E-state index < -0.39 is 0 Å². The monoisotopic (exact) mass is 278 g/mol. The molecule has 1 aliphatic carbocycles. The van der Waals surface area contributed by atoms with Gasteiger partial charge in [-0.15, -0.1) is 0 Å². The van der Waals surface area contributed by atoms with Crippen LogP contribution in [0, 0.1) is 5.41 Å². The number of ether oxygens (including phenoxy) is 1. The number of carbonyl (C=O) groups is 1. The fourth-order valence-corrected chi connectivity index (χ4v) is 2.28. The number of carbonyl (C=O) groups excluding carboxylic acids is 1. The van der Waals surface area contributed by atoms with Gasteiger partial charge in [-0.2, -0.15) is 0 Å². The van der Waals surface area contributed by atoms with E-state index in [1.54, 1.807) is 13.2 Å². The van der Waals surface area contributed by atoms with Crippen LogP contribution in [0.2, 0.25) is 0 Å². The summed E-state index contributed by atoms with van der Waals surface area (Å²) in [4.78, 5) is 11.8. The first-order valence-electron chi connectivity index (χ1n) is 6.93. The molecule has 110 valence electrons. The van der Waals surface area contributed by atoms with Crippen LogP contribution >= 0.6 is 0 Å². The lowest BCUT2D eigenvalue weighted by atomic mass is 10.0. The number of nitrogens with one attached hydrogen (secondary N) is 2. The van der Waals surface area contributed by atoms with Crippen molar-refractivity contribution in [1.82, 2.24) is 5.32 Å². The standard InChI is InChI=1S/C15H22N2O3/c1-20-13-4-2-3-12(9-13)17-14(19)10-16-11-15(5-6-15)7-8-18/h2-4,9,16,18H,5-8,10-11H2,1H3,(H,17,19). The first-order chi connectivity index (χ1) is 9.67. The molecule has 0 heterocycles. The van der Waals surface area contributed by atoms with Gasteiger partial charge in [-0.25, -0.2) is 0 Å². The van der Waals surface area contributed by atoms with Gasteiger partial charge < -0.3 is 20.5 Å². The minimum atomic E-state index is -0.0712. The van der Waals surface area contributed by atoms with Gasteiger partial charge in [0, 0.05) is 24.9 Å². The Labute approximate surface area is 119 Å². The van der Waals surface area contributed by atoms with Gasteiger partial charge in [-0.1, -0.05) is 6.07 Å². The van der Waals surface area contributed by atoms with Crippen molar-refractivity contribution in [1.29, 1.82) is 0 Å². The molecule has 3 N–H and O–H groups in total. The molecule has 0 unspecified atom stereocenters. The van der Waals surface area contributed by atoms with Crippen molar-refractivity contribution in [3.05, 3.63) is 24.3 Å². The Morgan fingerprint density at radius 1 is 1.45 bits per heavy atom. The molecule has 0 radical (unpaired) electrons. The average Bonchev–Trinajstić information content (AvgIpc) is 3.19. The summed E-state index contributed by atoms with van der Waals surface area (Å²) >= 11 is 0. The molecule has 1 aliphatic rings. The van der Waals surface area contributed by atoms with E-state index in [0.29, 0.717) is 0 Å². The van der Waals surface area contributed by atoms with Gasteiger partial charge in [0.2, 0.25) is 5.91 Å². The highest BCUT2D eigenvalue weighted by Crippen LogP contribution is 2.47. The van der Waals surface area contributed by atoms with Gasteiger partial charge in [-0.3, -0.25) is 4.79 Å². The highest BCUT2D eigenvalue weighted by Gasteiger charge is 2.41. The predicted molar refractivity (Wildman–Crippen MR) is 77.9 cm³/mol. The molecule has 0 saturated heterocycles. The summed E-state index contributed by atoms with van der Waals surface area (Å²) in [6.45, 7) is 1.29. The molecule has 1 fully saturated rings. The Morgan fingerprint density at radius 2 is 2.25 bits per heavy atom. The number of anilines is 1. The molecule has 1 aromatic carbocycles. The van der Waals surface area contributed by atoms with Crippen molar-refractivity contribution in [3.63, 3.8) is 0 Å². The fraction of sp³-hybridized carbons (Fsp3) is 0.533. The SMILES string of the molecule is COc1cccc(NC(=O)CNCC2(CCO)CC2)c1. The van der Waals surface area contributed by atoms with Crippen LogP contribution in [0.15, 0.2) is 24.3 Å². The Morgan fingerprint density at radius 3 is 2.90 bits per heavy atom. The highest BCUT2D eigenvalue weighted by molar-refractivity contribution is 5.92. The number of aliphatic hydroxyl groups excluding tert-OH is 1. The second-order valence-corrected chi connectivity index (χ2v) is 5.36. The number of hydrogen-bond donors (Lipinski definition) is 3. The van der Waals surface area contributed by atoms with Gasteiger partial charge in [0.1, 0.15) is 5.75 Å². The van der Waals surface area contributed by atoms with E-state index in [2.05, 4.69) is 10.6 Å². The predicted octanol–water partition coefficient (Wildman–Crippen LogP) is 1.39. The second-order valence-electron chi connectivity index (χ2n) is 5.36. The number of amides is 1. The first-order valence-corrected chi connectivity index (χ1v) is 6.93. The van der Waals surface area contributed by atoms with Crippen molar-refractivity contribution >= 4 is 11.6 Å². The molecule has 2 rings (SSSR count). The van der Waals surface area contributed by atoms with Gasteiger partial charge >= 0.3 is 0 Å². The van der Waals surface area contributed by atoms with E-state index in [-0.39, 0.29) is 24.5 Å². The van der Waals surface area contributed by atoms with E-state index in [4.69, 9.17) is 9.84 Å². The first kappa shape index (κ1) is 14.8. The van der Waals surface area contributed by atoms with Crippen molar-refractivity contribution in [2.45, 2.75) is 19.3 Å². The third-order valence-corrected chi connectivity index (χ3v) is 3.74. The van der Waals surface area contributed by atoms with Crippen molar-refractivity contribution in [2.24, 2.45) is 5.41 Å². The molecule has 5 nitrogen and oxygen atoms in total. The van der Waals surface area contributed by atoms with Crippen molar-refractivity contribution < 1.29 is 14.6 Å². The number of benzene rings is 1. The number of rotatable bonds is 8. The van der Waals surface area contributed by atoms with Gasteiger partial charge in [0.05, 0.1) is 13.7 Å². The van der Waals surface area contributed by atoms with Crippen LogP contribution in [-0.4, -0.2) is 37.8 Å². The van der Waals surface area contributed by atoms with Crippen LogP contribution < -0.4 is 15.4 Å². The van der Waals surface area contributed by atoms with Crippen LogP contribution in [0.4, 0.5) is 5.69 Å². The average molecular weight is 278 g/mol. The molecule has 0 bridgehead atoms. The lowest BCUT2D eigenvalue weighted by molar-refractivity contribution is -0.115. The van der Waals surface area contributed by atoms with Crippen LogP contribution in [-0.2, 0) is 4.79 Å². The zero-order valence-electron chi connectivity index (χ0n) is 11.8. The van der Waals surface area contributed by atoms with E-state index in [1.807, 2.05) is 18.2 Å². The number of aliphatic hydroxyl groups is 1. The summed E-state index contributed by atoms with van der Waals surface area (Å²) in [7, 11) is 1.60. The number of methoxy groups -OCH3 is 1. The Hall–Kier alpha value is -1.59. The molecule has 1 amide bonds. The third-order valence-electron chi connectivity index (χ3n) is 3.74. The maximum atomic E-state index is 11.8. The Bertz CT molecular complexity index is 458. The lowest BCUT2D eigenvalue weighted by Crippen LogP contribution is -2.32. The maximum Gasteiger partial charge on any atom is 0.238 e. The third kappa shape index (κ3) is 4.21. The van der Waals surface area contributed by atoms with Crippen molar-refractivity contribution in [2.75, 3.05) is 32.1 Å². The minimum Gasteiger partial charge on any atom is -0.497 e. The highest BCUT2D eigenvalue weighted by atomic mass is 16.5. The summed E-state index contributed by atoms with van der Waals surface area (Å²) in [5, 5.41) is 15.0. The minimum absolute atomic E-state index is 0.0712. The summed E-state index contributed by atoms with van der Waals surface area (Å²) in [6.07, 6.45) is 3.09. The fourth-order valence-electron chi connectivity index (χ4n) is 2.28. The summed E-state index contributed by atoms with van der Waals surface area (Å²) in [5.41, 5.74) is 0.956. The van der Waals surface area contributed by atoms with Crippen LogP contribution in [0.3, 0.4) is 0 Å². The topological polar surface area (TPSA) is 70.6 Å². The molecule has 1 aromatic rings. The largest absolute Gasteiger partial charge is 0.497 e. The van der Waals surface area contributed by atoms with Gasteiger partial charge in [0.25, 0.3) is 0 Å². The Kier molecular flexibility index (Phi) is 4.98. The summed E-state index contributed by atoms with van der Waals surface area (Å²) in [5.74, 6) is 0.647. The Balaban J connectivity index is 1.72. The zero-order valence-corrected chi connectivity index (χ0v) is 11.8. The molecule has 5 heteroatoms. The quantitative estimate of drug-likeness (QED) is 0.672. The van der Waals surface area contributed by atoms with Gasteiger partial charge in [0.15, 0.2) is 0 Å². The molecular weight excluding hydrogens is 256 g/mol. The van der Waals surface area contributed by atoms with E-state index in [9.17, 15) is 4.79 Å². The zero-order chi connectivity index (χ0) is 14.4. The molecule has 0 atom stereocenters. The van der Waals surface area contributed by atoms with Gasteiger partial charge in [-0.05, 0) is 36.8 Å². The van der Waals surface area contributed by atoms with Crippen molar-refractivity contribution in [3.8, 4) is 5.75 Å². The smallest absolute Gasteiger partial charge is 0.238 e. The van der Waals surface area contributed by atoms with E-state index >= 15 is 0 Å². The molecule has 20 heavy (non-hydrogen) atoms. The molecule has 1 saturated carbocycles. The van der Waals surface area contributed by atoms with Crippen LogP contribution in [0.25, 0.3) is 0 Å². The van der Waals surface area contributed by atoms with Crippen LogP contribution in [0.1, 0.15) is 19.3 Å². The summed E-state index contributed by atoms with van der Waals surface area (Å²) in [6, 6.07) is 7.28. The normalized spacial score (nSPS) is 15.7. The lowest BCUT2D eigenvalue weighted by Gasteiger charge is -2.14. The second kappa shape index (κ2) is 6.72. The molecule has 0 aliphatic heterocycles. The van der Waals surface area contributed by atoms with Crippen LogP contribution in [0.5, 0.6) is 5.75 Å². The molecule has 0 spiro atoms. The molecular formula is C15H22N2O3. The maximum absolute atomic E-state index is 11.8. The van der Waals surface area contributed by atoms with E-state index in [0.717, 1.165) is 37.2 Å².